The van der Waals surface area contributed by atoms with Crippen molar-refractivity contribution < 1.29 is 4.79 Å². The Kier molecular flexibility index (Phi) is 6.16. The van der Waals surface area contributed by atoms with E-state index in [-0.39, 0.29) is 5.91 Å². The zero-order valence-electron chi connectivity index (χ0n) is 16.6. The number of hydrogen-bond acceptors (Lipinski definition) is 4. The van der Waals surface area contributed by atoms with Crippen molar-refractivity contribution in [2.75, 3.05) is 22.4 Å². The van der Waals surface area contributed by atoms with E-state index in [4.69, 9.17) is 0 Å². The number of amides is 1. The number of nitrogens with zero attached hydrogens (tertiary/aromatic N) is 1. The van der Waals surface area contributed by atoms with E-state index in [1.54, 1.807) is 11.9 Å². The van der Waals surface area contributed by atoms with Gasteiger partial charge in [0.15, 0.2) is 0 Å². The first-order valence-electron chi connectivity index (χ1n) is 9.74. The molecule has 3 aromatic carbocycles. The number of anilines is 2. The van der Waals surface area contributed by atoms with Crippen LogP contribution < -0.4 is 9.62 Å². The number of hydrogen-bond donors (Lipinski definition) is 1. The van der Waals surface area contributed by atoms with E-state index in [0.717, 1.165) is 28.3 Å². The molecule has 0 spiro atoms. The number of benzene rings is 3. The third-order valence-corrected chi connectivity index (χ3v) is 7.09. The largest absolute Gasteiger partial charge is 0.322 e. The number of fused-ring (bicyclic) bond motifs is 1. The van der Waals surface area contributed by atoms with Crippen LogP contribution in [0.2, 0.25) is 0 Å². The summed E-state index contributed by atoms with van der Waals surface area (Å²) in [5.41, 5.74) is 5.24. The fraction of sp³-hybridized carbons (Fsp3) is 0.208. The van der Waals surface area contributed by atoms with Crippen molar-refractivity contribution in [2.45, 2.75) is 29.6 Å². The van der Waals surface area contributed by atoms with Gasteiger partial charge in [0, 0.05) is 33.8 Å². The summed E-state index contributed by atoms with van der Waals surface area (Å²) in [7, 11) is 2.05. The molecule has 1 aliphatic heterocycles. The van der Waals surface area contributed by atoms with E-state index < -0.39 is 0 Å². The van der Waals surface area contributed by atoms with Gasteiger partial charge in [0.1, 0.15) is 0 Å². The molecule has 0 aromatic heterocycles. The maximum Gasteiger partial charge on any atom is 0.255 e. The summed E-state index contributed by atoms with van der Waals surface area (Å²) in [6.45, 7) is 2.09. The Balaban J connectivity index is 1.39. The second-order valence-electron chi connectivity index (χ2n) is 7.18. The van der Waals surface area contributed by atoms with E-state index in [2.05, 4.69) is 53.9 Å². The van der Waals surface area contributed by atoms with Gasteiger partial charge in [-0.3, -0.25) is 4.79 Å². The van der Waals surface area contributed by atoms with Crippen molar-refractivity contribution in [3.8, 4) is 0 Å². The minimum atomic E-state index is -0.0550. The highest BCUT2D eigenvalue weighted by Gasteiger charge is 2.13. The van der Waals surface area contributed by atoms with Gasteiger partial charge in [-0.2, -0.15) is 0 Å². The van der Waals surface area contributed by atoms with Gasteiger partial charge in [-0.05, 0) is 97.6 Å². The Morgan fingerprint density at radius 3 is 2.55 bits per heavy atom. The fourth-order valence-corrected chi connectivity index (χ4v) is 5.09. The van der Waals surface area contributed by atoms with Crippen molar-refractivity contribution in [1.29, 1.82) is 0 Å². The zero-order valence-corrected chi connectivity index (χ0v) is 18.3. The van der Waals surface area contributed by atoms with Gasteiger partial charge < -0.3 is 9.62 Å². The quantitative estimate of drug-likeness (QED) is 0.482. The van der Waals surface area contributed by atoms with Gasteiger partial charge >= 0.3 is 0 Å². The molecule has 0 atom stereocenters. The molecule has 1 N–H and O–H groups in total. The molecule has 0 unspecified atom stereocenters. The van der Waals surface area contributed by atoms with Crippen LogP contribution in [-0.4, -0.2) is 18.7 Å². The van der Waals surface area contributed by atoms with Crippen molar-refractivity contribution >= 4 is 41.0 Å². The molecule has 3 nitrogen and oxygen atoms in total. The number of carbonyl (C=O) groups is 1. The van der Waals surface area contributed by atoms with E-state index >= 15 is 0 Å². The molecule has 5 heteroatoms. The van der Waals surface area contributed by atoms with Crippen LogP contribution in [0.1, 0.15) is 27.9 Å². The molecule has 0 fully saturated rings. The second-order valence-corrected chi connectivity index (χ2v) is 9.52. The molecule has 29 heavy (non-hydrogen) atoms. The topological polar surface area (TPSA) is 32.3 Å². The van der Waals surface area contributed by atoms with E-state index in [1.165, 1.54) is 28.2 Å². The lowest BCUT2D eigenvalue weighted by molar-refractivity contribution is 0.102. The van der Waals surface area contributed by atoms with E-state index in [0.29, 0.717) is 0 Å². The van der Waals surface area contributed by atoms with Gasteiger partial charge in [0.25, 0.3) is 5.91 Å². The van der Waals surface area contributed by atoms with Crippen LogP contribution >= 0.6 is 23.7 Å². The highest BCUT2D eigenvalue weighted by molar-refractivity contribution is 8.00. The minimum absolute atomic E-state index is 0.0550. The normalized spacial score (nSPS) is 12.9. The molecule has 148 valence electrons. The van der Waals surface area contributed by atoms with Gasteiger partial charge in [0.05, 0.1) is 0 Å². The Morgan fingerprint density at radius 1 is 1.03 bits per heavy atom. The Morgan fingerprint density at radius 2 is 1.79 bits per heavy atom. The lowest BCUT2D eigenvalue weighted by Crippen LogP contribution is -2.13. The smallest absolute Gasteiger partial charge is 0.255 e. The summed E-state index contributed by atoms with van der Waals surface area (Å²) in [5.74, 6) is 1.11. The average Bonchev–Trinajstić information content (AvgIpc) is 2.75. The fourth-order valence-electron chi connectivity index (χ4n) is 3.27. The maximum atomic E-state index is 12.6. The molecule has 0 bridgehead atoms. The monoisotopic (exact) mass is 420 g/mol. The van der Waals surface area contributed by atoms with Crippen molar-refractivity contribution in [3.63, 3.8) is 0 Å². The van der Waals surface area contributed by atoms with Crippen molar-refractivity contribution in [3.05, 3.63) is 83.4 Å². The zero-order chi connectivity index (χ0) is 20.2. The molecule has 0 saturated heterocycles. The molecule has 1 heterocycles. The molecular formula is C24H24N2OS2. The van der Waals surface area contributed by atoms with Gasteiger partial charge in [0.2, 0.25) is 0 Å². The Labute approximate surface area is 181 Å². The maximum absolute atomic E-state index is 12.6. The van der Waals surface area contributed by atoms with Gasteiger partial charge in [-0.1, -0.05) is 17.7 Å². The van der Waals surface area contributed by atoms with E-state index in [9.17, 15) is 4.79 Å². The molecule has 0 radical (unpaired) electrons. The summed E-state index contributed by atoms with van der Waals surface area (Å²) in [4.78, 5) is 15.1. The molecule has 3 aromatic rings. The molecule has 4 rings (SSSR count). The highest BCUT2D eigenvalue weighted by atomic mass is 32.2. The Hall–Kier alpha value is -2.37. The summed E-state index contributed by atoms with van der Waals surface area (Å²) >= 11 is 3.54. The van der Waals surface area contributed by atoms with Crippen LogP contribution in [-0.2, 0) is 6.42 Å². The number of rotatable bonds is 5. The van der Waals surface area contributed by atoms with Gasteiger partial charge in [-0.15, -0.1) is 11.8 Å². The standard InChI is InChI=1S/C24H24N2OS2/c1-17-5-10-21(11-6-17)26(2)29-22-12-8-20(9-13-22)25-24(27)19-7-14-23-18(16-19)4-3-15-28-23/h5-14,16H,3-4,15H2,1-2H3,(H,25,27). The van der Waals surface area contributed by atoms with Crippen LogP contribution in [0.5, 0.6) is 0 Å². The third-order valence-electron chi connectivity index (χ3n) is 4.92. The van der Waals surface area contributed by atoms with Crippen LogP contribution in [0.3, 0.4) is 0 Å². The van der Waals surface area contributed by atoms with Crippen LogP contribution in [0.15, 0.2) is 76.5 Å². The summed E-state index contributed by atoms with van der Waals surface area (Å²) in [5, 5.41) is 3.01. The molecule has 1 amide bonds. The summed E-state index contributed by atoms with van der Waals surface area (Å²) in [6, 6.07) is 22.5. The number of nitrogens with one attached hydrogen (secondary N) is 1. The van der Waals surface area contributed by atoms with E-state index in [1.807, 2.05) is 48.2 Å². The number of thioether (sulfide) groups is 1. The second kappa shape index (κ2) is 8.97. The van der Waals surface area contributed by atoms with Gasteiger partial charge in [-0.25, -0.2) is 0 Å². The predicted octanol–water partition coefficient (Wildman–Crippen LogP) is 6.43. The molecule has 0 saturated carbocycles. The SMILES string of the molecule is Cc1ccc(N(C)Sc2ccc(NC(=O)c3ccc4c(c3)CCCS4)cc2)cc1. The van der Waals surface area contributed by atoms with Crippen molar-refractivity contribution in [1.82, 2.24) is 0 Å². The first kappa shape index (κ1) is 19.9. The highest BCUT2D eigenvalue weighted by Crippen LogP contribution is 2.31. The van der Waals surface area contributed by atoms with Crippen molar-refractivity contribution in [2.24, 2.45) is 0 Å². The lowest BCUT2D eigenvalue weighted by Gasteiger charge is -2.18. The average molecular weight is 421 g/mol. The first-order valence-corrected chi connectivity index (χ1v) is 11.5. The van der Waals surface area contributed by atoms with Crippen LogP contribution in [0, 0.1) is 6.92 Å². The lowest BCUT2D eigenvalue weighted by atomic mass is 10.1. The number of carbonyl (C=O) groups excluding carboxylic acids is 1. The van der Waals surface area contributed by atoms with Crippen LogP contribution in [0.25, 0.3) is 0 Å². The minimum Gasteiger partial charge on any atom is -0.322 e. The molecule has 1 aliphatic rings. The Bertz CT molecular complexity index is 1000. The number of aryl methyl sites for hydroxylation is 2. The first-order chi connectivity index (χ1) is 14.1. The summed E-state index contributed by atoms with van der Waals surface area (Å²) < 4.78 is 2.14. The third kappa shape index (κ3) is 4.98. The molecule has 0 aliphatic carbocycles. The summed E-state index contributed by atoms with van der Waals surface area (Å²) in [6.07, 6.45) is 2.24. The molecular weight excluding hydrogens is 396 g/mol. The predicted molar refractivity (Wildman–Crippen MR) is 125 cm³/mol. The van der Waals surface area contributed by atoms with Crippen LogP contribution in [0.4, 0.5) is 11.4 Å².